The van der Waals surface area contributed by atoms with Crippen LogP contribution in [0.25, 0.3) is 16.3 Å². The normalized spacial score (nSPS) is 29.3. The van der Waals surface area contributed by atoms with Crippen molar-refractivity contribution in [2.75, 3.05) is 0 Å². The average Bonchev–Trinajstić information content (AvgIpc) is 2.65. The Labute approximate surface area is 156 Å². The molecule has 0 saturated heterocycles. The van der Waals surface area contributed by atoms with Crippen LogP contribution in [0.3, 0.4) is 0 Å². The Balaban J connectivity index is 1.71. The molecule has 1 heterocycles. The Morgan fingerprint density at radius 1 is 1.12 bits per heavy atom. The molecule has 2 aromatic carbocycles. The maximum Gasteiger partial charge on any atom is 0.137 e. The van der Waals surface area contributed by atoms with E-state index in [1.807, 2.05) is 0 Å². The molecule has 0 amide bonds. The average molecular weight is 344 g/mol. The summed E-state index contributed by atoms with van der Waals surface area (Å²) in [5.74, 6) is 2.29. The first kappa shape index (κ1) is 16.2. The summed E-state index contributed by atoms with van der Waals surface area (Å²) in [5, 5.41) is 2.56. The molecule has 2 bridgehead atoms. The van der Waals surface area contributed by atoms with E-state index in [1.54, 1.807) is 0 Å². The van der Waals surface area contributed by atoms with Crippen molar-refractivity contribution in [3.8, 4) is 5.75 Å². The molecular weight excluding hydrogens is 316 g/mol. The quantitative estimate of drug-likeness (QED) is 0.549. The lowest BCUT2D eigenvalue weighted by atomic mass is 9.62. The van der Waals surface area contributed by atoms with Crippen molar-refractivity contribution in [1.29, 1.82) is 0 Å². The van der Waals surface area contributed by atoms with E-state index < -0.39 is 0 Å². The van der Waals surface area contributed by atoms with Gasteiger partial charge >= 0.3 is 0 Å². The van der Waals surface area contributed by atoms with Gasteiger partial charge in [-0.3, -0.25) is 0 Å². The largest absolute Gasteiger partial charge is 0.481 e. The molecule has 0 N–H and O–H groups in total. The highest BCUT2D eigenvalue weighted by Gasteiger charge is 2.50. The van der Waals surface area contributed by atoms with Gasteiger partial charge in [0, 0.05) is 22.8 Å². The minimum absolute atomic E-state index is 0.118. The van der Waals surface area contributed by atoms with Gasteiger partial charge in [-0.2, -0.15) is 0 Å². The zero-order valence-corrected chi connectivity index (χ0v) is 15.7. The Morgan fingerprint density at radius 3 is 2.92 bits per heavy atom. The van der Waals surface area contributed by atoms with E-state index in [-0.39, 0.29) is 5.60 Å². The topological polar surface area (TPSA) is 9.23 Å². The van der Waals surface area contributed by atoms with Gasteiger partial charge < -0.3 is 4.74 Å². The maximum atomic E-state index is 7.02. The second-order valence-corrected chi connectivity index (χ2v) is 8.29. The molecule has 2 aliphatic carbocycles. The van der Waals surface area contributed by atoms with Gasteiger partial charge in [-0.15, -0.1) is 0 Å². The molecule has 3 aliphatic rings. The van der Waals surface area contributed by atoms with Crippen LogP contribution in [-0.4, -0.2) is 5.60 Å². The molecule has 1 heteroatoms. The van der Waals surface area contributed by atoms with Crippen molar-refractivity contribution in [1.82, 2.24) is 0 Å². The van der Waals surface area contributed by atoms with Gasteiger partial charge in [0.15, 0.2) is 0 Å². The Kier molecular flexibility index (Phi) is 3.92. The summed E-state index contributed by atoms with van der Waals surface area (Å²) in [5.41, 5.74) is 2.73. The van der Waals surface area contributed by atoms with E-state index in [0.29, 0.717) is 11.8 Å². The summed E-state index contributed by atoms with van der Waals surface area (Å²) in [4.78, 5) is 0. The first-order valence-electron chi connectivity index (χ1n) is 10.4. The fourth-order valence-corrected chi connectivity index (χ4v) is 5.41. The highest BCUT2D eigenvalue weighted by molar-refractivity contribution is 5.94. The van der Waals surface area contributed by atoms with Crippen molar-refractivity contribution < 1.29 is 4.74 Å². The standard InChI is InChI=1S/C25H28O/c1-2-3-8-19-17-25(20-10-6-11-21(25)13-7-12-20)26-24-22-14-5-4-9-18(22)15-16-23(19)24/h4-6,9-10,14-17,20-21H,2-3,7-8,11-13H2,1H3. The van der Waals surface area contributed by atoms with Crippen LogP contribution in [-0.2, 0) is 0 Å². The van der Waals surface area contributed by atoms with Crippen molar-refractivity contribution in [3.63, 3.8) is 0 Å². The molecule has 134 valence electrons. The first-order valence-corrected chi connectivity index (χ1v) is 10.4. The predicted molar refractivity (Wildman–Crippen MR) is 109 cm³/mol. The lowest BCUT2D eigenvalue weighted by Gasteiger charge is -2.51. The van der Waals surface area contributed by atoms with Crippen LogP contribution in [0.5, 0.6) is 5.75 Å². The van der Waals surface area contributed by atoms with E-state index >= 15 is 0 Å². The van der Waals surface area contributed by atoms with Gasteiger partial charge in [-0.1, -0.05) is 68.3 Å². The van der Waals surface area contributed by atoms with E-state index in [0.717, 1.165) is 18.6 Å². The zero-order chi connectivity index (χ0) is 17.6. The molecule has 0 aromatic heterocycles. The zero-order valence-electron chi connectivity index (χ0n) is 15.7. The number of rotatable bonds is 3. The minimum Gasteiger partial charge on any atom is -0.481 e. The van der Waals surface area contributed by atoms with Crippen LogP contribution in [0.15, 0.2) is 54.6 Å². The van der Waals surface area contributed by atoms with Crippen molar-refractivity contribution in [2.24, 2.45) is 11.8 Å². The molecule has 0 radical (unpaired) electrons. The monoisotopic (exact) mass is 344 g/mol. The number of ether oxygens (including phenoxy) is 1. The highest BCUT2D eigenvalue weighted by Crippen LogP contribution is 2.53. The summed E-state index contributed by atoms with van der Waals surface area (Å²) >= 11 is 0. The van der Waals surface area contributed by atoms with E-state index in [1.165, 1.54) is 54.0 Å². The molecule has 26 heavy (non-hydrogen) atoms. The third kappa shape index (κ3) is 2.36. The van der Waals surface area contributed by atoms with Gasteiger partial charge in [0.05, 0.1) is 0 Å². The third-order valence-corrected chi connectivity index (χ3v) is 6.78. The summed E-state index contributed by atoms with van der Waals surface area (Å²) < 4.78 is 7.02. The van der Waals surface area contributed by atoms with E-state index in [2.05, 4.69) is 61.5 Å². The smallest absolute Gasteiger partial charge is 0.137 e. The number of unbranched alkanes of at least 4 members (excludes halogenated alkanes) is 1. The predicted octanol–water partition coefficient (Wildman–Crippen LogP) is 6.92. The second-order valence-electron chi connectivity index (χ2n) is 8.29. The summed E-state index contributed by atoms with van der Waals surface area (Å²) in [6.45, 7) is 2.29. The number of fused-ring (bicyclic) bond motifs is 3. The van der Waals surface area contributed by atoms with Gasteiger partial charge in [-0.25, -0.2) is 0 Å². The fraction of sp³-hybridized carbons (Fsp3) is 0.440. The molecule has 1 nitrogen and oxygen atoms in total. The number of hydrogen-bond donors (Lipinski definition) is 0. The molecule has 5 rings (SSSR count). The van der Waals surface area contributed by atoms with Crippen LogP contribution in [0.1, 0.15) is 57.4 Å². The Bertz CT molecular complexity index is 890. The number of benzene rings is 2. The summed E-state index contributed by atoms with van der Waals surface area (Å²) in [6, 6.07) is 13.3. The molecule has 3 atom stereocenters. The molecule has 1 aliphatic heterocycles. The molecular formula is C25H28O. The minimum atomic E-state index is -0.118. The van der Waals surface area contributed by atoms with Crippen LogP contribution >= 0.6 is 0 Å². The van der Waals surface area contributed by atoms with E-state index in [4.69, 9.17) is 4.74 Å². The Hall–Kier alpha value is -2.02. The Morgan fingerprint density at radius 2 is 2.04 bits per heavy atom. The number of allylic oxidation sites excluding steroid dienone is 2. The second kappa shape index (κ2) is 6.30. The molecule has 1 fully saturated rings. The van der Waals surface area contributed by atoms with Crippen LogP contribution in [0, 0.1) is 11.8 Å². The fourth-order valence-electron chi connectivity index (χ4n) is 5.41. The molecule has 3 unspecified atom stereocenters. The molecule has 1 spiro atoms. The van der Waals surface area contributed by atoms with Gasteiger partial charge in [0.1, 0.15) is 11.4 Å². The third-order valence-electron chi connectivity index (χ3n) is 6.78. The summed E-state index contributed by atoms with van der Waals surface area (Å²) in [6.07, 6.45) is 16.1. The van der Waals surface area contributed by atoms with Crippen molar-refractivity contribution in [2.45, 2.75) is 57.5 Å². The number of hydrogen-bond acceptors (Lipinski definition) is 1. The summed E-state index contributed by atoms with van der Waals surface area (Å²) in [7, 11) is 0. The molecule has 1 saturated carbocycles. The highest BCUT2D eigenvalue weighted by atomic mass is 16.5. The first-order chi connectivity index (χ1) is 12.8. The van der Waals surface area contributed by atoms with Gasteiger partial charge in [0.25, 0.3) is 0 Å². The lowest BCUT2D eigenvalue weighted by Crippen LogP contribution is -2.53. The van der Waals surface area contributed by atoms with Crippen LogP contribution < -0.4 is 4.74 Å². The lowest BCUT2D eigenvalue weighted by molar-refractivity contribution is -0.0197. The maximum absolute atomic E-state index is 7.02. The molecule has 2 aromatic rings. The van der Waals surface area contributed by atoms with Gasteiger partial charge in [-0.05, 0) is 49.1 Å². The van der Waals surface area contributed by atoms with Crippen LogP contribution in [0.4, 0.5) is 0 Å². The van der Waals surface area contributed by atoms with Crippen molar-refractivity contribution in [3.05, 3.63) is 60.2 Å². The van der Waals surface area contributed by atoms with Gasteiger partial charge in [0.2, 0.25) is 0 Å². The van der Waals surface area contributed by atoms with Crippen molar-refractivity contribution >= 4 is 16.3 Å². The van der Waals surface area contributed by atoms with E-state index in [9.17, 15) is 0 Å². The SMILES string of the molecule is CCCCC1=CC2(Oc3c1ccc1ccccc31)C1C=CCC2CCC1. The van der Waals surface area contributed by atoms with Crippen LogP contribution in [0.2, 0.25) is 0 Å².